The zero-order chi connectivity index (χ0) is 19.3. The molecule has 3 rings (SSSR count). The molecule has 3 nitrogen and oxygen atoms in total. The molecule has 0 spiro atoms. The molecule has 0 aliphatic heterocycles. The predicted octanol–water partition coefficient (Wildman–Crippen LogP) is 4.29. The Morgan fingerprint density at radius 1 is 1.04 bits per heavy atom. The van der Waals surface area contributed by atoms with Gasteiger partial charge in [0.25, 0.3) is 5.79 Å². The number of hydrogen-bond donors (Lipinski definition) is 0. The molecule has 0 fully saturated rings. The Kier molecular flexibility index (Phi) is 5.71. The fraction of sp³-hybridized carbons (Fsp3) is 0.208. The minimum absolute atomic E-state index is 0.214. The highest BCUT2D eigenvalue weighted by Gasteiger charge is 2.55. The van der Waals surface area contributed by atoms with Gasteiger partial charge in [-0.2, -0.15) is 0 Å². The van der Waals surface area contributed by atoms with Crippen LogP contribution >= 0.6 is 0 Å². The van der Waals surface area contributed by atoms with Crippen molar-refractivity contribution in [2.24, 2.45) is 0 Å². The van der Waals surface area contributed by atoms with Crippen LogP contribution in [0.3, 0.4) is 0 Å². The highest BCUT2D eigenvalue weighted by atomic mass is 16.7. The molecule has 1 aliphatic rings. The fourth-order valence-corrected chi connectivity index (χ4v) is 3.27. The third kappa shape index (κ3) is 3.38. The first-order valence-electron chi connectivity index (χ1n) is 8.82. The number of rotatable bonds is 6. The maximum atomic E-state index is 12.9. The molecule has 0 radical (unpaired) electrons. The van der Waals surface area contributed by atoms with E-state index in [4.69, 9.17) is 9.47 Å². The number of ether oxygens (including phenoxy) is 2. The van der Waals surface area contributed by atoms with Crippen molar-refractivity contribution in [2.75, 3.05) is 14.2 Å². The lowest BCUT2D eigenvalue weighted by atomic mass is 9.75. The van der Waals surface area contributed by atoms with E-state index in [1.165, 1.54) is 19.8 Å². The van der Waals surface area contributed by atoms with Crippen molar-refractivity contribution in [1.29, 1.82) is 0 Å². The van der Waals surface area contributed by atoms with Crippen molar-refractivity contribution in [3.8, 4) is 11.8 Å². The first-order valence-corrected chi connectivity index (χ1v) is 8.82. The predicted molar refractivity (Wildman–Crippen MR) is 108 cm³/mol. The molecular formula is C24H22O3. The minimum Gasteiger partial charge on any atom is -0.343 e. The Balaban J connectivity index is 1.96. The van der Waals surface area contributed by atoms with Gasteiger partial charge < -0.3 is 9.47 Å². The van der Waals surface area contributed by atoms with Gasteiger partial charge in [0.1, 0.15) is 0 Å². The van der Waals surface area contributed by atoms with E-state index in [1.54, 1.807) is 6.08 Å². The van der Waals surface area contributed by atoms with Crippen molar-refractivity contribution in [3.05, 3.63) is 83.4 Å². The average Bonchev–Trinajstić information content (AvgIpc) is 2.72. The number of carbonyl (C=O) groups is 1. The Morgan fingerprint density at radius 2 is 1.70 bits per heavy atom. The topological polar surface area (TPSA) is 35.5 Å². The number of hydrogen-bond acceptors (Lipinski definition) is 3. The van der Waals surface area contributed by atoms with E-state index in [0.717, 1.165) is 17.5 Å². The fourth-order valence-electron chi connectivity index (χ4n) is 3.27. The first kappa shape index (κ1) is 18.8. The monoisotopic (exact) mass is 358 g/mol. The Morgan fingerprint density at radius 3 is 2.37 bits per heavy atom. The summed E-state index contributed by atoms with van der Waals surface area (Å²) < 4.78 is 10.9. The summed E-state index contributed by atoms with van der Waals surface area (Å²) in [5.41, 5.74) is 4.02. The van der Waals surface area contributed by atoms with Crippen LogP contribution in [0, 0.1) is 11.8 Å². The second-order valence-electron chi connectivity index (χ2n) is 6.18. The second-order valence-corrected chi connectivity index (χ2v) is 6.18. The lowest BCUT2D eigenvalue weighted by Crippen LogP contribution is -2.53. The molecule has 0 atom stereocenters. The summed E-state index contributed by atoms with van der Waals surface area (Å²) in [5.74, 6) is 4.68. The summed E-state index contributed by atoms with van der Waals surface area (Å²) in [6, 6.07) is 17.8. The van der Waals surface area contributed by atoms with Crippen molar-refractivity contribution in [2.45, 2.75) is 18.6 Å². The van der Waals surface area contributed by atoms with Gasteiger partial charge in [0, 0.05) is 26.2 Å². The van der Waals surface area contributed by atoms with Gasteiger partial charge in [-0.05, 0) is 23.1 Å². The Hall–Kier alpha value is -2.93. The van der Waals surface area contributed by atoms with Crippen molar-refractivity contribution in [3.63, 3.8) is 0 Å². The standard InChI is InChI=1S/C24H22O3/c1-4-19-15-9-10-16-20(19)22-21(24(26-2,27-3)23(22)25)17-11-8-14-18-12-6-5-7-13-18/h4-7,9-10,12-13,15-16H,1,8,14H2,2-3H3. The van der Waals surface area contributed by atoms with E-state index in [1.807, 2.05) is 42.5 Å². The van der Waals surface area contributed by atoms with Crippen LogP contribution in [0.1, 0.15) is 23.1 Å². The number of Topliss-reactive ketones (excluding diaryl/α,β-unsaturated/α-hetero) is 1. The lowest BCUT2D eigenvalue weighted by Gasteiger charge is -2.39. The van der Waals surface area contributed by atoms with Crippen LogP contribution in [0.2, 0.25) is 0 Å². The molecule has 0 N–H and O–H groups in total. The third-order valence-electron chi connectivity index (χ3n) is 4.72. The molecule has 1 aliphatic carbocycles. The highest BCUT2D eigenvalue weighted by Crippen LogP contribution is 2.44. The second kappa shape index (κ2) is 8.18. The maximum Gasteiger partial charge on any atom is 0.269 e. The van der Waals surface area contributed by atoms with E-state index < -0.39 is 5.79 Å². The van der Waals surface area contributed by atoms with E-state index in [0.29, 0.717) is 17.6 Å². The summed E-state index contributed by atoms with van der Waals surface area (Å²) in [4.78, 5) is 12.9. The number of carbonyl (C=O) groups excluding carboxylic acids is 1. The average molecular weight is 358 g/mol. The van der Waals surface area contributed by atoms with E-state index >= 15 is 0 Å². The minimum atomic E-state index is -1.41. The molecule has 0 heterocycles. The molecule has 136 valence electrons. The first-order chi connectivity index (χ1) is 13.2. The van der Waals surface area contributed by atoms with Gasteiger partial charge in [0.15, 0.2) is 0 Å². The quantitative estimate of drug-likeness (QED) is 0.571. The Bertz CT molecular complexity index is 938. The molecule has 0 bridgehead atoms. The molecular weight excluding hydrogens is 336 g/mol. The SMILES string of the molecule is C=Cc1ccccc1C1=C(C#CCCc2ccccc2)C(OC)(OC)C1=O. The summed E-state index contributed by atoms with van der Waals surface area (Å²) >= 11 is 0. The molecule has 0 unspecified atom stereocenters. The molecule has 0 aromatic heterocycles. The zero-order valence-corrected chi connectivity index (χ0v) is 15.6. The van der Waals surface area contributed by atoms with Gasteiger partial charge in [0.05, 0.1) is 5.57 Å². The summed E-state index contributed by atoms with van der Waals surface area (Å²) in [7, 11) is 2.92. The van der Waals surface area contributed by atoms with Crippen LogP contribution in [0.15, 0.2) is 66.7 Å². The highest BCUT2D eigenvalue weighted by molar-refractivity contribution is 6.35. The molecule has 2 aromatic rings. The number of ketones is 1. The number of aryl methyl sites for hydroxylation is 1. The smallest absolute Gasteiger partial charge is 0.269 e. The Labute approximate surface area is 160 Å². The molecule has 2 aromatic carbocycles. The van der Waals surface area contributed by atoms with Crippen LogP contribution in [-0.2, 0) is 20.7 Å². The third-order valence-corrected chi connectivity index (χ3v) is 4.72. The largest absolute Gasteiger partial charge is 0.343 e. The molecule has 0 saturated carbocycles. The van der Waals surface area contributed by atoms with Gasteiger partial charge in [-0.15, -0.1) is 0 Å². The summed E-state index contributed by atoms with van der Waals surface area (Å²) in [6.07, 6.45) is 3.26. The summed E-state index contributed by atoms with van der Waals surface area (Å²) in [6.45, 7) is 3.84. The van der Waals surface area contributed by atoms with Crippen molar-refractivity contribution >= 4 is 17.4 Å². The molecule has 3 heteroatoms. The maximum absolute atomic E-state index is 12.9. The van der Waals surface area contributed by atoms with Crippen LogP contribution in [0.4, 0.5) is 0 Å². The van der Waals surface area contributed by atoms with Crippen molar-refractivity contribution in [1.82, 2.24) is 0 Å². The van der Waals surface area contributed by atoms with Crippen molar-refractivity contribution < 1.29 is 14.3 Å². The molecule has 0 amide bonds. The van der Waals surface area contributed by atoms with Gasteiger partial charge in [-0.1, -0.05) is 79.1 Å². The van der Waals surface area contributed by atoms with Crippen LogP contribution in [0.25, 0.3) is 11.6 Å². The van der Waals surface area contributed by atoms with E-state index in [2.05, 4.69) is 30.6 Å². The molecule has 0 saturated heterocycles. The van der Waals surface area contributed by atoms with Gasteiger partial charge in [0.2, 0.25) is 5.78 Å². The molecule has 27 heavy (non-hydrogen) atoms. The summed E-state index contributed by atoms with van der Waals surface area (Å²) in [5, 5.41) is 0. The zero-order valence-electron chi connectivity index (χ0n) is 15.6. The van der Waals surface area contributed by atoms with Crippen LogP contribution in [-0.4, -0.2) is 25.8 Å². The van der Waals surface area contributed by atoms with Crippen LogP contribution < -0.4 is 0 Å². The van der Waals surface area contributed by atoms with Gasteiger partial charge in [-0.3, -0.25) is 4.79 Å². The lowest BCUT2D eigenvalue weighted by molar-refractivity contribution is -0.189. The van der Waals surface area contributed by atoms with E-state index in [9.17, 15) is 4.79 Å². The normalized spacial score (nSPS) is 15.0. The van der Waals surface area contributed by atoms with Crippen LogP contribution in [0.5, 0.6) is 0 Å². The van der Waals surface area contributed by atoms with Gasteiger partial charge >= 0.3 is 0 Å². The van der Waals surface area contributed by atoms with Gasteiger partial charge in [-0.25, -0.2) is 0 Å². The number of benzene rings is 2. The number of methoxy groups -OCH3 is 2. The van der Waals surface area contributed by atoms with E-state index in [-0.39, 0.29) is 5.78 Å².